The molecule has 2 aliphatic carbocycles. The van der Waals surface area contributed by atoms with Crippen LogP contribution in [0, 0.1) is 5.92 Å². The Morgan fingerprint density at radius 1 is 1.04 bits per heavy atom. The molecule has 2 fully saturated rings. The molecule has 0 aromatic heterocycles. The molecule has 146 valence electrons. The third-order valence-corrected chi connectivity index (χ3v) is 5.72. The number of hydrogen-bond donors (Lipinski definition) is 0. The molecular formula is C20H30O6. The third kappa shape index (κ3) is 3.80. The molecule has 6 nitrogen and oxygen atoms in total. The van der Waals surface area contributed by atoms with E-state index < -0.39 is 6.29 Å². The van der Waals surface area contributed by atoms with Crippen LogP contribution in [0.25, 0.3) is 0 Å². The zero-order valence-corrected chi connectivity index (χ0v) is 16.3. The fourth-order valence-electron chi connectivity index (χ4n) is 4.29. The van der Waals surface area contributed by atoms with Gasteiger partial charge in [-0.3, -0.25) is 4.79 Å². The molecule has 7 atom stereocenters. The van der Waals surface area contributed by atoms with Gasteiger partial charge in [0.1, 0.15) is 24.1 Å². The van der Waals surface area contributed by atoms with Crippen LogP contribution in [0.4, 0.5) is 0 Å². The second kappa shape index (κ2) is 8.31. The van der Waals surface area contributed by atoms with Crippen LogP contribution in [0.3, 0.4) is 0 Å². The predicted octanol–water partition coefficient (Wildman–Crippen LogP) is 2.42. The summed E-state index contributed by atoms with van der Waals surface area (Å²) >= 11 is 0. The highest BCUT2D eigenvalue weighted by Gasteiger charge is 2.47. The van der Waals surface area contributed by atoms with Crippen LogP contribution in [0.1, 0.15) is 33.1 Å². The van der Waals surface area contributed by atoms with Gasteiger partial charge in [0.25, 0.3) is 0 Å². The summed E-state index contributed by atoms with van der Waals surface area (Å²) in [6.45, 7) is 3.61. The van der Waals surface area contributed by atoms with E-state index in [1.807, 2.05) is 6.92 Å². The van der Waals surface area contributed by atoms with Gasteiger partial charge in [0.05, 0.1) is 12.2 Å². The lowest BCUT2D eigenvalue weighted by molar-refractivity contribution is -0.313. The van der Waals surface area contributed by atoms with Crippen molar-refractivity contribution in [2.24, 2.45) is 5.92 Å². The lowest BCUT2D eigenvalue weighted by Crippen LogP contribution is -2.59. The molecule has 0 bridgehead atoms. The standard InChI is InChI=1S/C20H30O6/c1-11(21)13-6-7-14-9-16(10-15(14)8-13)26-20-19(24-5)18(23-4)17(22-3)12(2)25-20/h7-8,12-13,16-20H,6,9-10H2,1-5H3/t12-,13?,16?,17-,18+,19+,20-/m0/s1. The Bertz CT molecular complexity index is 583. The van der Waals surface area contributed by atoms with Gasteiger partial charge in [0, 0.05) is 27.2 Å². The number of allylic oxidation sites excluding steroid dienone is 2. The normalized spacial score (nSPS) is 40.0. The van der Waals surface area contributed by atoms with E-state index in [4.69, 9.17) is 23.7 Å². The monoisotopic (exact) mass is 366 g/mol. The first-order valence-corrected chi connectivity index (χ1v) is 9.28. The van der Waals surface area contributed by atoms with Gasteiger partial charge in [-0.25, -0.2) is 0 Å². The second-order valence-electron chi connectivity index (χ2n) is 7.35. The maximum Gasteiger partial charge on any atom is 0.187 e. The average Bonchev–Trinajstić information content (AvgIpc) is 3.02. The molecule has 2 unspecified atom stereocenters. The first kappa shape index (κ1) is 19.7. The van der Waals surface area contributed by atoms with E-state index >= 15 is 0 Å². The Morgan fingerprint density at radius 3 is 2.31 bits per heavy atom. The van der Waals surface area contributed by atoms with Crippen LogP contribution >= 0.6 is 0 Å². The summed E-state index contributed by atoms with van der Waals surface area (Å²) in [7, 11) is 4.94. The molecule has 0 spiro atoms. The number of Topliss-reactive ketones (excluding diaryl/α,β-unsaturated/α-hetero) is 1. The summed E-state index contributed by atoms with van der Waals surface area (Å²) < 4.78 is 29.1. The summed E-state index contributed by atoms with van der Waals surface area (Å²) in [5.41, 5.74) is 2.53. The van der Waals surface area contributed by atoms with Crippen molar-refractivity contribution in [2.45, 2.75) is 69.9 Å². The molecule has 3 rings (SSSR count). The largest absolute Gasteiger partial charge is 0.376 e. The first-order valence-electron chi connectivity index (χ1n) is 9.28. The molecule has 0 N–H and O–H groups in total. The molecule has 3 aliphatic rings. The van der Waals surface area contributed by atoms with E-state index in [0.717, 1.165) is 19.3 Å². The van der Waals surface area contributed by atoms with E-state index in [1.165, 1.54) is 11.1 Å². The Labute approximate surface area is 155 Å². The number of ketones is 1. The van der Waals surface area contributed by atoms with Crippen LogP contribution in [0.5, 0.6) is 0 Å². The first-order chi connectivity index (χ1) is 12.5. The highest BCUT2D eigenvalue weighted by molar-refractivity contribution is 5.81. The van der Waals surface area contributed by atoms with Crippen molar-refractivity contribution in [1.29, 1.82) is 0 Å². The quantitative estimate of drug-likeness (QED) is 0.719. The molecule has 0 amide bonds. The molecule has 0 aromatic rings. The van der Waals surface area contributed by atoms with E-state index in [1.54, 1.807) is 28.3 Å². The van der Waals surface area contributed by atoms with Gasteiger partial charge in [-0.1, -0.05) is 12.2 Å². The van der Waals surface area contributed by atoms with Crippen molar-refractivity contribution in [2.75, 3.05) is 21.3 Å². The smallest absolute Gasteiger partial charge is 0.187 e. The van der Waals surface area contributed by atoms with Gasteiger partial charge >= 0.3 is 0 Å². The Kier molecular flexibility index (Phi) is 6.30. The number of carbonyl (C=O) groups is 1. The topological polar surface area (TPSA) is 63.2 Å². The molecule has 0 radical (unpaired) electrons. The van der Waals surface area contributed by atoms with Crippen molar-refractivity contribution in [1.82, 2.24) is 0 Å². The summed E-state index contributed by atoms with van der Waals surface area (Å²) in [6.07, 6.45) is 5.23. The molecule has 1 saturated heterocycles. The van der Waals surface area contributed by atoms with Gasteiger partial charge in [0.2, 0.25) is 0 Å². The lowest BCUT2D eigenvalue weighted by Gasteiger charge is -2.44. The van der Waals surface area contributed by atoms with Crippen LogP contribution in [-0.2, 0) is 28.5 Å². The zero-order chi connectivity index (χ0) is 18.8. The Balaban J connectivity index is 1.69. The molecular weight excluding hydrogens is 336 g/mol. The predicted molar refractivity (Wildman–Crippen MR) is 95.8 cm³/mol. The molecule has 1 saturated carbocycles. The summed E-state index contributed by atoms with van der Waals surface area (Å²) in [6, 6.07) is 0. The van der Waals surface area contributed by atoms with Crippen molar-refractivity contribution in [3.8, 4) is 0 Å². The number of hydrogen-bond acceptors (Lipinski definition) is 6. The maximum absolute atomic E-state index is 11.7. The number of ether oxygens (including phenoxy) is 5. The summed E-state index contributed by atoms with van der Waals surface area (Å²) in [5.74, 6) is 0.222. The minimum atomic E-state index is -0.513. The van der Waals surface area contributed by atoms with Crippen molar-refractivity contribution < 1.29 is 28.5 Å². The summed E-state index contributed by atoms with van der Waals surface area (Å²) in [5, 5.41) is 0. The lowest BCUT2D eigenvalue weighted by atomic mass is 9.90. The van der Waals surface area contributed by atoms with Gasteiger partial charge in [-0.15, -0.1) is 0 Å². The highest BCUT2D eigenvalue weighted by Crippen LogP contribution is 2.39. The minimum Gasteiger partial charge on any atom is -0.376 e. The van der Waals surface area contributed by atoms with Gasteiger partial charge in [-0.05, 0) is 44.3 Å². The summed E-state index contributed by atoms with van der Waals surface area (Å²) in [4.78, 5) is 11.7. The second-order valence-corrected chi connectivity index (χ2v) is 7.35. The molecule has 6 heteroatoms. The van der Waals surface area contributed by atoms with Gasteiger partial charge < -0.3 is 23.7 Å². The number of rotatable bonds is 6. The van der Waals surface area contributed by atoms with Crippen molar-refractivity contribution in [3.63, 3.8) is 0 Å². The fourth-order valence-corrected chi connectivity index (χ4v) is 4.29. The van der Waals surface area contributed by atoms with Crippen molar-refractivity contribution in [3.05, 3.63) is 23.3 Å². The van der Waals surface area contributed by atoms with E-state index in [0.29, 0.717) is 0 Å². The highest BCUT2D eigenvalue weighted by atomic mass is 16.7. The van der Waals surface area contributed by atoms with E-state index in [9.17, 15) is 4.79 Å². The zero-order valence-electron chi connectivity index (χ0n) is 16.3. The van der Waals surface area contributed by atoms with Crippen LogP contribution in [-0.4, -0.2) is 63.9 Å². The SMILES string of the molecule is CO[C@@H]1[C@@H](OC)[C@H](C)O[C@@H](OC2CC3=CCC(C(C)=O)C=C3C2)[C@@H]1OC. The Hall–Kier alpha value is -1.05. The molecule has 1 heterocycles. The van der Waals surface area contributed by atoms with Crippen molar-refractivity contribution >= 4 is 5.78 Å². The third-order valence-electron chi connectivity index (χ3n) is 5.72. The number of methoxy groups -OCH3 is 3. The van der Waals surface area contributed by atoms with E-state index in [-0.39, 0.29) is 42.2 Å². The van der Waals surface area contributed by atoms with Crippen LogP contribution < -0.4 is 0 Å². The molecule has 0 aromatic carbocycles. The number of carbonyl (C=O) groups excluding carboxylic acids is 1. The molecule has 26 heavy (non-hydrogen) atoms. The Morgan fingerprint density at radius 2 is 1.69 bits per heavy atom. The van der Waals surface area contributed by atoms with Gasteiger partial charge in [-0.2, -0.15) is 0 Å². The van der Waals surface area contributed by atoms with Crippen LogP contribution in [0.2, 0.25) is 0 Å². The number of fused-ring (bicyclic) bond motifs is 1. The fraction of sp³-hybridized carbons (Fsp3) is 0.750. The molecule has 1 aliphatic heterocycles. The average molecular weight is 366 g/mol. The maximum atomic E-state index is 11.7. The van der Waals surface area contributed by atoms with E-state index in [2.05, 4.69) is 12.2 Å². The van der Waals surface area contributed by atoms with Crippen LogP contribution in [0.15, 0.2) is 23.3 Å². The minimum absolute atomic E-state index is 0.00510. The van der Waals surface area contributed by atoms with Gasteiger partial charge in [0.15, 0.2) is 6.29 Å².